The van der Waals surface area contributed by atoms with Gasteiger partial charge in [-0.25, -0.2) is 12.4 Å². The normalized spacial score (nSPS) is 11.3. The summed E-state index contributed by atoms with van der Waals surface area (Å²) in [5, 5.41) is 0. The second-order valence-electron chi connectivity index (χ2n) is 3.68. The minimum absolute atomic E-state index is 0.0589. The maximum Gasteiger partial charge on any atom is 0.309 e. The smallest absolute Gasteiger partial charge is 0.309 e. The molecule has 0 aliphatic heterocycles. The number of benzene rings is 1. The van der Waals surface area contributed by atoms with E-state index in [-0.39, 0.29) is 10.8 Å². The monoisotopic (exact) mass is 343 g/mol. The summed E-state index contributed by atoms with van der Waals surface area (Å²) >= 11 is 3.15. The summed E-state index contributed by atoms with van der Waals surface area (Å²) in [5.41, 5.74) is 0. The molecule has 0 unspecified atom stereocenters. The van der Waals surface area contributed by atoms with Crippen LogP contribution in [-0.2, 0) is 14.8 Å². The van der Waals surface area contributed by atoms with Gasteiger partial charge in [-0.15, -0.1) is 0 Å². The highest BCUT2D eigenvalue weighted by Gasteiger charge is 2.23. The average molecular weight is 344 g/mol. The van der Waals surface area contributed by atoms with Crippen LogP contribution in [-0.4, -0.2) is 18.4 Å². The van der Waals surface area contributed by atoms with E-state index >= 15 is 0 Å². The van der Waals surface area contributed by atoms with Crippen molar-refractivity contribution in [3.8, 4) is 5.88 Å². The molecule has 0 fully saturated rings. The summed E-state index contributed by atoms with van der Waals surface area (Å²) < 4.78 is 31.0. The van der Waals surface area contributed by atoms with Gasteiger partial charge in [0.1, 0.15) is 0 Å². The number of carbonyl (C=O) groups excluding carboxylic acids is 1. The number of ether oxygens (including phenoxy) is 1. The lowest BCUT2D eigenvalue weighted by Crippen LogP contribution is -2.15. The summed E-state index contributed by atoms with van der Waals surface area (Å²) in [6.07, 6.45) is 1.32. The van der Waals surface area contributed by atoms with Gasteiger partial charge in [0.15, 0.2) is 0 Å². The molecule has 0 aliphatic carbocycles. The second-order valence-corrected chi connectivity index (χ2v) is 6.35. The van der Waals surface area contributed by atoms with Crippen molar-refractivity contribution in [2.24, 2.45) is 0 Å². The van der Waals surface area contributed by atoms with Crippen molar-refractivity contribution < 1.29 is 17.9 Å². The molecule has 1 aromatic carbocycles. The first-order valence-electron chi connectivity index (χ1n) is 5.29. The Labute approximate surface area is 119 Å². The summed E-state index contributed by atoms with van der Waals surface area (Å²) in [4.78, 5) is 11.1. The molecule has 0 aliphatic rings. The Bertz CT molecular complexity index is 707. The van der Waals surface area contributed by atoms with Crippen molar-refractivity contribution in [2.75, 3.05) is 0 Å². The van der Waals surface area contributed by atoms with Gasteiger partial charge in [-0.3, -0.25) is 4.79 Å². The van der Waals surface area contributed by atoms with Gasteiger partial charge in [-0.1, -0.05) is 18.2 Å². The molecule has 7 heteroatoms. The van der Waals surface area contributed by atoms with Crippen LogP contribution in [0.15, 0.2) is 52.0 Å². The van der Waals surface area contributed by atoms with Crippen LogP contribution in [0.25, 0.3) is 0 Å². The Morgan fingerprint density at radius 2 is 1.84 bits per heavy atom. The fourth-order valence-electron chi connectivity index (χ4n) is 1.50. The lowest BCUT2D eigenvalue weighted by atomic mass is 10.4. The van der Waals surface area contributed by atoms with E-state index in [1.165, 1.54) is 31.3 Å². The number of carbonyl (C=O) groups is 1. The van der Waals surface area contributed by atoms with Crippen LogP contribution in [0.2, 0.25) is 0 Å². The van der Waals surface area contributed by atoms with Gasteiger partial charge < -0.3 is 4.74 Å². The third kappa shape index (κ3) is 2.71. The van der Waals surface area contributed by atoms with Gasteiger partial charge in [0.25, 0.3) is 10.0 Å². The van der Waals surface area contributed by atoms with Crippen LogP contribution >= 0.6 is 15.9 Å². The first kappa shape index (κ1) is 13.8. The fourth-order valence-corrected chi connectivity index (χ4v) is 3.31. The number of hydrogen-bond donors (Lipinski definition) is 0. The Morgan fingerprint density at radius 3 is 2.42 bits per heavy atom. The second kappa shape index (κ2) is 5.18. The molecule has 1 aromatic heterocycles. The summed E-state index contributed by atoms with van der Waals surface area (Å²) in [7, 11) is -3.78. The molecule has 19 heavy (non-hydrogen) atoms. The number of esters is 1. The van der Waals surface area contributed by atoms with Gasteiger partial charge in [0, 0.05) is 13.1 Å². The van der Waals surface area contributed by atoms with E-state index in [4.69, 9.17) is 4.74 Å². The first-order chi connectivity index (χ1) is 8.93. The minimum Gasteiger partial charge on any atom is -0.407 e. The minimum atomic E-state index is -3.78. The third-order valence-corrected chi connectivity index (χ3v) is 4.58. The lowest BCUT2D eigenvalue weighted by molar-refractivity contribution is -0.132. The predicted octanol–water partition coefficient (Wildman–Crippen LogP) is 2.41. The average Bonchev–Trinajstić information content (AvgIpc) is 2.72. The zero-order valence-corrected chi connectivity index (χ0v) is 12.3. The summed E-state index contributed by atoms with van der Waals surface area (Å²) in [6.45, 7) is 1.21. The lowest BCUT2D eigenvalue weighted by Gasteiger charge is -2.10. The van der Waals surface area contributed by atoms with Crippen LogP contribution in [0, 0.1) is 0 Å². The van der Waals surface area contributed by atoms with E-state index in [1.54, 1.807) is 18.2 Å². The molecule has 100 valence electrons. The number of aromatic nitrogens is 1. The van der Waals surface area contributed by atoms with Crippen molar-refractivity contribution in [3.05, 3.63) is 47.1 Å². The molecule has 1 heterocycles. The Hall–Kier alpha value is -1.60. The van der Waals surface area contributed by atoms with E-state index in [1.807, 2.05) is 0 Å². The highest BCUT2D eigenvalue weighted by molar-refractivity contribution is 9.10. The summed E-state index contributed by atoms with van der Waals surface area (Å²) in [5.74, 6) is -0.653. The molecule has 0 radical (unpaired) electrons. The molecular weight excluding hydrogens is 334 g/mol. The van der Waals surface area contributed by atoms with Crippen LogP contribution in [0.5, 0.6) is 5.88 Å². The molecule has 2 aromatic rings. The van der Waals surface area contributed by atoms with Gasteiger partial charge in [0.2, 0.25) is 5.88 Å². The van der Waals surface area contributed by atoms with E-state index in [2.05, 4.69) is 15.9 Å². The zero-order valence-electron chi connectivity index (χ0n) is 9.91. The molecule has 0 saturated heterocycles. The standard InChI is InChI=1S/C12H10BrNO4S/c1-9(15)18-12-11(13)7-8-14(12)19(16,17)10-5-3-2-4-6-10/h2-8H,1H3. The van der Waals surface area contributed by atoms with E-state index < -0.39 is 16.0 Å². The highest BCUT2D eigenvalue weighted by atomic mass is 79.9. The van der Waals surface area contributed by atoms with Gasteiger partial charge >= 0.3 is 5.97 Å². The number of rotatable bonds is 3. The SMILES string of the molecule is CC(=O)Oc1c(Br)ccn1S(=O)(=O)c1ccccc1. The number of halogens is 1. The molecule has 5 nitrogen and oxygen atoms in total. The molecule has 0 saturated carbocycles. The van der Waals surface area contributed by atoms with Crippen LogP contribution in [0.3, 0.4) is 0 Å². The third-order valence-electron chi connectivity index (χ3n) is 2.30. The Balaban J connectivity index is 2.56. The largest absolute Gasteiger partial charge is 0.407 e. The molecule has 0 spiro atoms. The van der Waals surface area contributed by atoms with E-state index in [0.29, 0.717) is 4.47 Å². The van der Waals surface area contributed by atoms with Crippen molar-refractivity contribution in [1.82, 2.24) is 3.97 Å². The Morgan fingerprint density at radius 1 is 1.21 bits per heavy atom. The van der Waals surface area contributed by atoms with Crippen molar-refractivity contribution >= 4 is 31.9 Å². The van der Waals surface area contributed by atoms with Gasteiger partial charge in [0.05, 0.1) is 9.37 Å². The molecule has 0 bridgehead atoms. The van der Waals surface area contributed by atoms with Crippen LogP contribution in [0.1, 0.15) is 6.92 Å². The maximum atomic E-state index is 12.4. The predicted molar refractivity (Wildman–Crippen MR) is 72.5 cm³/mol. The topological polar surface area (TPSA) is 65.4 Å². The molecule has 0 amide bonds. The zero-order chi connectivity index (χ0) is 14.0. The quantitative estimate of drug-likeness (QED) is 0.802. The fraction of sp³-hybridized carbons (Fsp3) is 0.0833. The maximum absolute atomic E-state index is 12.4. The highest BCUT2D eigenvalue weighted by Crippen LogP contribution is 2.30. The van der Waals surface area contributed by atoms with E-state index in [9.17, 15) is 13.2 Å². The van der Waals surface area contributed by atoms with Gasteiger partial charge in [-0.2, -0.15) is 0 Å². The summed E-state index contributed by atoms with van der Waals surface area (Å²) in [6, 6.07) is 9.41. The van der Waals surface area contributed by atoms with Crippen molar-refractivity contribution in [3.63, 3.8) is 0 Å². The Kier molecular flexibility index (Phi) is 3.77. The number of hydrogen-bond acceptors (Lipinski definition) is 4. The van der Waals surface area contributed by atoms with Gasteiger partial charge in [-0.05, 0) is 34.1 Å². The van der Waals surface area contributed by atoms with Crippen molar-refractivity contribution in [1.29, 1.82) is 0 Å². The molecule has 0 N–H and O–H groups in total. The molecular formula is C12H10BrNO4S. The van der Waals surface area contributed by atoms with Crippen molar-refractivity contribution in [2.45, 2.75) is 11.8 Å². The van der Waals surface area contributed by atoms with Crippen LogP contribution in [0.4, 0.5) is 0 Å². The number of nitrogens with zero attached hydrogens (tertiary/aromatic N) is 1. The van der Waals surface area contributed by atoms with E-state index in [0.717, 1.165) is 3.97 Å². The van der Waals surface area contributed by atoms with Crippen LogP contribution < -0.4 is 4.74 Å². The molecule has 2 rings (SSSR count). The molecule has 0 atom stereocenters. The first-order valence-corrected chi connectivity index (χ1v) is 7.52.